The molecule has 0 saturated heterocycles. The number of fused-ring (bicyclic) bond motifs is 1. The number of aromatic nitrogens is 2. The van der Waals surface area contributed by atoms with Crippen molar-refractivity contribution in [2.24, 2.45) is 0 Å². The number of hydrogen-bond donors (Lipinski definition) is 1. The van der Waals surface area contributed by atoms with Gasteiger partial charge in [-0.05, 0) is 39.4 Å². The van der Waals surface area contributed by atoms with Crippen LogP contribution in [-0.4, -0.2) is 34.5 Å². The van der Waals surface area contributed by atoms with Crippen LogP contribution in [0.25, 0.3) is 10.2 Å². The molecule has 148 valence electrons. The van der Waals surface area contributed by atoms with Crippen LogP contribution < -0.4 is 5.56 Å². The van der Waals surface area contributed by atoms with E-state index < -0.39 is 5.97 Å². The second kappa shape index (κ2) is 8.20. The minimum atomic E-state index is -0.450. The van der Waals surface area contributed by atoms with Gasteiger partial charge < -0.3 is 9.72 Å². The molecule has 0 aliphatic heterocycles. The lowest BCUT2D eigenvalue weighted by molar-refractivity contribution is 0.0531. The Labute approximate surface area is 166 Å². The maximum Gasteiger partial charge on any atom is 0.348 e. The van der Waals surface area contributed by atoms with E-state index in [1.165, 1.54) is 6.07 Å². The first-order chi connectivity index (χ1) is 13.3. The van der Waals surface area contributed by atoms with Crippen molar-refractivity contribution in [1.29, 1.82) is 0 Å². The lowest BCUT2D eigenvalue weighted by atomic mass is 10.1. The zero-order valence-corrected chi connectivity index (χ0v) is 17.0. The Bertz CT molecular complexity index is 1080. The van der Waals surface area contributed by atoms with E-state index in [2.05, 4.69) is 9.97 Å². The number of nitrogens with zero attached hydrogens (tertiary/aromatic N) is 2. The summed E-state index contributed by atoms with van der Waals surface area (Å²) in [5.74, 6) is -0.256. The summed E-state index contributed by atoms with van der Waals surface area (Å²) in [4.78, 5) is 34.9. The molecule has 0 fully saturated rings. The highest BCUT2D eigenvalue weighted by Gasteiger charge is 2.22. The molecular weight excluding hydrogens is 381 g/mol. The third-order valence-electron chi connectivity index (χ3n) is 4.71. The van der Waals surface area contributed by atoms with E-state index in [1.54, 1.807) is 32.0 Å². The van der Waals surface area contributed by atoms with Crippen LogP contribution in [0, 0.1) is 12.7 Å². The SMILES string of the molecule is CCOC(=O)c1sc2nc(C(C)N(C)Cc3ccccc3F)[nH]c(=O)c2c1C. The van der Waals surface area contributed by atoms with E-state index in [0.717, 1.165) is 11.3 Å². The van der Waals surface area contributed by atoms with Gasteiger partial charge in [-0.3, -0.25) is 9.69 Å². The number of carbonyl (C=O) groups excluding carboxylic acids is 1. The lowest BCUT2D eigenvalue weighted by Crippen LogP contribution is -2.26. The van der Waals surface area contributed by atoms with Crippen molar-refractivity contribution < 1.29 is 13.9 Å². The molecular formula is C20H22FN3O3S. The number of rotatable bonds is 6. The number of carbonyl (C=O) groups is 1. The van der Waals surface area contributed by atoms with E-state index in [1.807, 2.05) is 18.9 Å². The molecule has 0 amide bonds. The van der Waals surface area contributed by atoms with E-state index in [9.17, 15) is 14.0 Å². The smallest absolute Gasteiger partial charge is 0.348 e. The number of halogens is 1. The van der Waals surface area contributed by atoms with Gasteiger partial charge in [0.25, 0.3) is 5.56 Å². The van der Waals surface area contributed by atoms with Crippen LogP contribution in [0.1, 0.15) is 46.5 Å². The third kappa shape index (κ3) is 3.83. The average molecular weight is 403 g/mol. The largest absolute Gasteiger partial charge is 0.462 e. The van der Waals surface area contributed by atoms with E-state index in [0.29, 0.717) is 38.6 Å². The Hall–Kier alpha value is -2.58. The van der Waals surface area contributed by atoms with Gasteiger partial charge in [0.2, 0.25) is 0 Å². The molecule has 0 aliphatic carbocycles. The molecule has 1 unspecified atom stereocenters. The molecule has 0 spiro atoms. The summed E-state index contributed by atoms with van der Waals surface area (Å²) < 4.78 is 19.0. The maximum atomic E-state index is 13.9. The highest BCUT2D eigenvalue weighted by atomic mass is 32.1. The number of benzene rings is 1. The number of thiophene rings is 1. The number of ether oxygens (including phenoxy) is 1. The molecule has 0 saturated carbocycles. The van der Waals surface area contributed by atoms with Crippen molar-refractivity contribution in [2.45, 2.75) is 33.4 Å². The summed E-state index contributed by atoms with van der Waals surface area (Å²) in [5, 5.41) is 0.403. The van der Waals surface area contributed by atoms with Crippen molar-refractivity contribution in [3.63, 3.8) is 0 Å². The van der Waals surface area contributed by atoms with Crippen LogP contribution in [0.15, 0.2) is 29.1 Å². The van der Waals surface area contributed by atoms with Gasteiger partial charge in [0.1, 0.15) is 21.3 Å². The predicted molar refractivity (Wildman–Crippen MR) is 107 cm³/mol. The fourth-order valence-electron chi connectivity index (χ4n) is 2.99. The van der Waals surface area contributed by atoms with Crippen LogP contribution in [0.5, 0.6) is 0 Å². The Balaban J connectivity index is 1.93. The fraction of sp³-hybridized carbons (Fsp3) is 0.350. The minimum absolute atomic E-state index is 0.259. The summed E-state index contributed by atoms with van der Waals surface area (Å²) >= 11 is 1.15. The van der Waals surface area contributed by atoms with Crippen molar-refractivity contribution >= 4 is 27.5 Å². The van der Waals surface area contributed by atoms with Crippen LogP contribution >= 0.6 is 11.3 Å². The van der Waals surface area contributed by atoms with Gasteiger partial charge >= 0.3 is 5.97 Å². The Morgan fingerprint density at radius 3 is 2.79 bits per heavy atom. The summed E-state index contributed by atoms with van der Waals surface area (Å²) in [6, 6.07) is 6.33. The highest BCUT2D eigenvalue weighted by molar-refractivity contribution is 7.20. The second-order valence-corrected chi connectivity index (χ2v) is 7.59. The molecule has 3 rings (SSSR count). The molecule has 28 heavy (non-hydrogen) atoms. The van der Waals surface area contributed by atoms with E-state index >= 15 is 0 Å². The van der Waals surface area contributed by atoms with Crippen LogP contribution in [-0.2, 0) is 11.3 Å². The standard InChI is InChI=1S/C20H22FN3O3S/c1-5-27-20(26)16-11(2)15-18(25)22-17(23-19(15)28-16)12(3)24(4)10-13-8-6-7-9-14(13)21/h6-9,12H,5,10H2,1-4H3,(H,22,23,25). The third-order valence-corrected chi connectivity index (χ3v) is 5.88. The van der Waals surface area contributed by atoms with Crippen molar-refractivity contribution in [2.75, 3.05) is 13.7 Å². The second-order valence-electron chi connectivity index (χ2n) is 6.59. The quantitative estimate of drug-likeness (QED) is 0.634. The van der Waals surface area contributed by atoms with Gasteiger partial charge in [-0.2, -0.15) is 0 Å². The molecule has 2 heterocycles. The Morgan fingerprint density at radius 1 is 1.39 bits per heavy atom. The number of hydrogen-bond acceptors (Lipinski definition) is 6. The number of nitrogens with one attached hydrogen (secondary N) is 1. The Morgan fingerprint density at radius 2 is 2.11 bits per heavy atom. The molecule has 2 aromatic heterocycles. The van der Waals surface area contributed by atoms with Gasteiger partial charge in [-0.25, -0.2) is 14.2 Å². The molecule has 8 heteroatoms. The summed E-state index contributed by atoms with van der Waals surface area (Å²) in [6.07, 6.45) is 0. The summed E-state index contributed by atoms with van der Waals surface area (Å²) in [7, 11) is 1.84. The summed E-state index contributed by atoms with van der Waals surface area (Å²) in [5.41, 5.74) is 0.846. The van der Waals surface area contributed by atoms with Crippen molar-refractivity contribution in [3.05, 3.63) is 62.3 Å². The number of H-pyrrole nitrogens is 1. The number of aromatic amines is 1. The molecule has 1 N–H and O–H groups in total. The highest BCUT2D eigenvalue weighted by Crippen LogP contribution is 2.29. The first-order valence-electron chi connectivity index (χ1n) is 8.97. The zero-order valence-electron chi connectivity index (χ0n) is 16.2. The van der Waals surface area contributed by atoms with Gasteiger partial charge in [-0.15, -0.1) is 11.3 Å². The number of esters is 1. The average Bonchev–Trinajstić information content (AvgIpc) is 3.00. The molecule has 0 bridgehead atoms. The molecule has 0 aliphatic rings. The molecule has 0 radical (unpaired) electrons. The van der Waals surface area contributed by atoms with Crippen molar-refractivity contribution in [3.8, 4) is 0 Å². The first kappa shape index (κ1) is 20.2. The van der Waals surface area contributed by atoms with Gasteiger partial charge in [-0.1, -0.05) is 18.2 Å². The van der Waals surface area contributed by atoms with E-state index in [-0.39, 0.29) is 24.0 Å². The summed E-state index contributed by atoms with van der Waals surface area (Å²) in [6.45, 7) is 5.97. The van der Waals surface area contributed by atoms with E-state index in [4.69, 9.17) is 4.74 Å². The number of aryl methyl sites for hydroxylation is 1. The monoisotopic (exact) mass is 403 g/mol. The molecule has 6 nitrogen and oxygen atoms in total. The van der Waals surface area contributed by atoms with Crippen LogP contribution in [0.4, 0.5) is 4.39 Å². The van der Waals surface area contributed by atoms with Crippen LogP contribution in [0.3, 0.4) is 0 Å². The first-order valence-corrected chi connectivity index (χ1v) is 9.79. The fourth-order valence-corrected chi connectivity index (χ4v) is 4.07. The predicted octanol–water partition coefficient (Wildman–Crippen LogP) is 3.80. The van der Waals surface area contributed by atoms with Gasteiger partial charge in [0.05, 0.1) is 18.0 Å². The normalized spacial score (nSPS) is 12.5. The minimum Gasteiger partial charge on any atom is -0.462 e. The molecule has 3 aromatic rings. The maximum absolute atomic E-state index is 13.9. The van der Waals surface area contributed by atoms with Crippen molar-refractivity contribution in [1.82, 2.24) is 14.9 Å². The lowest BCUT2D eigenvalue weighted by Gasteiger charge is -2.24. The Kier molecular flexibility index (Phi) is 5.90. The topological polar surface area (TPSA) is 75.3 Å². The van der Waals surface area contributed by atoms with Crippen LogP contribution in [0.2, 0.25) is 0 Å². The molecule has 1 aromatic carbocycles. The molecule has 1 atom stereocenters. The van der Waals surface area contributed by atoms with Gasteiger partial charge in [0.15, 0.2) is 0 Å². The van der Waals surface area contributed by atoms with Gasteiger partial charge in [0, 0.05) is 12.1 Å². The zero-order chi connectivity index (χ0) is 20.4.